The van der Waals surface area contributed by atoms with Gasteiger partial charge in [0.25, 0.3) is 0 Å². The van der Waals surface area contributed by atoms with Crippen molar-refractivity contribution >= 4 is 0 Å². The maximum atomic E-state index is 5.83. The normalized spacial score (nSPS) is 31.7. The van der Waals surface area contributed by atoms with Gasteiger partial charge in [-0.3, -0.25) is 0 Å². The summed E-state index contributed by atoms with van der Waals surface area (Å²) in [6.45, 7) is 6.70. The van der Waals surface area contributed by atoms with Gasteiger partial charge >= 0.3 is 0 Å². The highest BCUT2D eigenvalue weighted by Crippen LogP contribution is 2.27. The smallest absolute Gasteiger partial charge is 0.00446 e. The van der Waals surface area contributed by atoms with Crippen LogP contribution in [0.15, 0.2) is 12.2 Å². The highest BCUT2D eigenvalue weighted by molar-refractivity contribution is 4.99. The van der Waals surface area contributed by atoms with Crippen molar-refractivity contribution in [1.82, 2.24) is 0 Å². The number of hydrogen-bond acceptors (Lipinski definition) is 1. The van der Waals surface area contributed by atoms with Crippen LogP contribution in [-0.4, -0.2) is 6.04 Å². The van der Waals surface area contributed by atoms with Crippen LogP contribution in [0.25, 0.3) is 0 Å². The fourth-order valence-electron chi connectivity index (χ4n) is 1.65. The second-order valence-corrected chi connectivity index (χ2v) is 5.06. The molecular weight excluding hydrogens is 146 g/mol. The molecule has 0 bridgehead atoms. The molecule has 0 amide bonds. The van der Waals surface area contributed by atoms with Gasteiger partial charge in [0.2, 0.25) is 0 Å². The standard InChI is InChI=1S/C11H21N/c1-11(2,3)7-6-9-4-5-10(12)8-9/h6-7,9-10H,4-5,8,12H2,1-3H3/b7-6+. The van der Waals surface area contributed by atoms with Crippen LogP contribution in [0.1, 0.15) is 40.0 Å². The summed E-state index contributed by atoms with van der Waals surface area (Å²) < 4.78 is 0. The lowest BCUT2D eigenvalue weighted by Gasteiger charge is -2.12. The largest absolute Gasteiger partial charge is 0.328 e. The van der Waals surface area contributed by atoms with Crippen molar-refractivity contribution in [2.45, 2.75) is 46.1 Å². The summed E-state index contributed by atoms with van der Waals surface area (Å²) in [5, 5.41) is 0. The van der Waals surface area contributed by atoms with Crippen LogP contribution in [0, 0.1) is 11.3 Å². The van der Waals surface area contributed by atoms with Crippen LogP contribution in [0.4, 0.5) is 0 Å². The molecule has 1 rings (SSSR count). The van der Waals surface area contributed by atoms with Gasteiger partial charge in [-0.05, 0) is 30.6 Å². The highest BCUT2D eigenvalue weighted by atomic mass is 14.6. The van der Waals surface area contributed by atoms with Crippen LogP contribution in [0.2, 0.25) is 0 Å². The zero-order valence-corrected chi connectivity index (χ0v) is 8.51. The topological polar surface area (TPSA) is 26.0 Å². The number of hydrogen-bond donors (Lipinski definition) is 1. The molecule has 0 aromatic rings. The zero-order valence-electron chi connectivity index (χ0n) is 8.51. The summed E-state index contributed by atoms with van der Waals surface area (Å²) >= 11 is 0. The van der Waals surface area contributed by atoms with Crippen LogP contribution in [-0.2, 0) is 0 Å². The van der Waals surface area contributed by atoms with E-state index in [9.17, 15) is 0 Å². The number of allylic oxidation sites excluding steroid dienone is 2. The fourth-order valence-corrected chi connectivity index (χ4v) is 1.65. The van der Waals surface area contributed by atoms with Gasteiger partial charge in [0.05, 0.1) is 0 Å². The Hall–Kier alpha value is -0.300. The maximum absolute atomic E-state index is 5.83. The molecule has 0 spiro atoms. The summed E-state index contributed by atoms with van der Waals surface area (Å²) in [5.41, 5.74) is 6.16. The van der Waals surface area contributed by atoms with Crippen molar-refractivity contribution in [2.75, 3.05) is 0 Å². The molecule has 0 aromatic heterocycles. The lowest BCUT2D eigenvalue weighted by molar-refractivity contribution is 0.533. The third-order valence-electron chi connectivity index (χ3n) is 2.38. The van der Waals surface area contributed by atoms with Crippen molar-refractivity contribution in [3.8, 4) is 0 Å². The van der Waals surface area contributed by atoms with E-state index in [2.05, 4.69) is 32.9 Å². The monoisotopic (exact) mass is 167 g/mol. The minimum atomic E-state index is 0.326. The quantitative estimate of drug-likeness (QED) is 0.597. The minimum absolute atomic E-state index is 0.326. The number of rotatable bonds is 1. The molecule has 1 saturated carbocycles. The molecular formula is C11H21N. The van der Waals surface area contributed by atoms with E-state index in [0.29, 0.717) is 11.5 Å². The first-order chi connectivity index (χ1) is 5.47. The molecule has 0 heterocycles. The van der Waals surface area contributed by atoms with Crippen molar-refractivity contribution in [3.05, 3.63) is 12.2 Å². The van der Waals surface area contributed by atoms with E-state index in [-0.39, 0.29) is 0 Å². The first-order valence-electron chi connectivity index (χ1n) is 4.92. The first kappa shape index (κ1) is 9.79. The van der Waals surface area contributed by atoms with Gasteiger partial charge in [-0.2, -0.15) is 0 Å². The predicted octanol–water partition coefficient (Wildman–Crippen LogP) is 2.72. The summed E-state index contributed by atoms with van der Waals surface area (Å²) in [4.78, 5) is 0. The van der Waals surface area contributed by atoms with E-state index < -0.39 is 0 Å². The van der Waals surface area contributed by atoms with Crippen LogP contribution in [0.5, 0.6) is 0 Å². The second kappa shape index (κ2) is 3.61. The average Bonchev–Trinajstić information content (AvgIpc) is 2.30. The average molecular weight is 167 g/mol. The predicted molar refractivity (Wildman–Crippen MR) is 53.9 cm³/mol. The molecule has 0 saturated heterocycles. The molecule has 1 heteroatoms. The molecule has 70 valence electrons. The lowest BCUT2D eigenvalue weighted by atomic mass is 9.93. The lowest BCUT2D eigenvalue weighted by Crippen LogP contribution is -2.14. The SMILES string of the molecule is CC(C)(C)/C=C/C1CCC(N)C1. The molecule has 0 radical (unpaired) electrons. The fraction of sp³-hybridized carbons (Fsp3) is 0.818. The van der Waals surface area contributed by atoms with E-state index in [1.165, 1.54) is 19.3 Å². The van der Waals surface area contributed by atoms with E-state index in [0.717, 1.165) is 5.92 Å². The van der Waals surface area contributed by atoms with E-state index in [4.69, 9.17) is 5.73 Å². The van der Waals surface area contributed by atoms with Gasteiger partial charge in [-0.25, -0.2) is 0 Å². The third-order valence-corrected chi connectivity index (χ3v) is 2.38. The summed E-state index contributed by atoms with van der Waals surface area (Å²) in [7, 11) is 0. The van der Waals surface area contributed by atoms with Gasteiger partial charge < -0.3 is 5.73 Å². The molecule has 1 aliphatic carbocycles. The van der Waals surface area contributed by atoms with Crippen molar-refractivity contribution in [1.29, 1.82) is 0 Å². The Bertz CT molecular complexity index is 164. The molecule has 2 unspecified atom stereocenters. The summed E-state index contributed by atoms with van der Waals surface area (Å²) in [6, 6.07) is 0.458. The molecule has 0 aliphatic heterocycles. The van der Waals surface area contributed by atoms with Crippen LogP contribution in [0.3, 0.4) is 0 Å². The van der Waals surface area contributed by atoms with Crippen molar-refractivity contribution < 1.29 is 0 Å². The van der Waals surface area contributed by atoms with Crippen molar-refractivity contribution in [3.63, 3.8) is 0 Å². The van der Waals surface area contributed by atoms with Gasteiger partial charge in [-0.1, -0.05) is 32.9 Å². The Balaban J connectivity index is 2.37. The Labute approximate surface area is 76.0 Å². The summed E-state index contributed by atoms with van der Waals surface area (Å²) in [5.74, 6) is 0.749. The maximum Gasteiger partial charge on any atom is 0.00446 e. The molecule has 2 atom stereocenters. The first-order valence-corrected chi connectivity index (χ1v) is 4.92. The van der Waals surface area contributed by atoms with E-state index >= 15 is 0 Å². The van der Waals surface area contributed by atoms with Crippen LogP contribution >= 0.6 is 0 Å². The molecule has 1 fully saturated rings. The van der Waals surface area contributed by atoms with Crippen LogP contribution < -0.4 is 5.73 Å². The molecule has 1 aliphatic rings. The van der Waals surface area contributed by atoms with E-state index in [1.807, 2.05) is 0 Å². The Morgan fingerprint density at radius 3 is 2.33 bits per heavy atom. The summed E-state index contributed by atoms with van der Waals surface area (Å²) in [6.07, 6.45) is 8.35. The van der Waals surface area contributed by atoms with Gasteiger partial charge in [-0.15, -0.1) is 0 Å². The minimum Gasteiger partial charge on any atom is -0.328 e. The molecule has 2 N–H and O–H groups in total. The molecule has 1 nitrogen and oxygen atoms in total. The van der Waals surface area contributed by atoms with E-state index in [1.54, 1.807) is 0 Å². The molecule has 12 heavy (non-hydrogen) atoms. The highest BCUT2D eigenvalue weighted by Gasteiger charge is 2.19. The Morgan fingerprint density at radius 2 is 1.92 bits per heavy atom. The Kier molecular flexibility index (Phi) is 2.94. The third kappa shape index (κ3) is 3.40. The van der Waals surface area contributed by atoms with Gasteiger partial charge in [0.15, 0.2) is 0 Å². The Morgan fingerprint density at radius 1 is 1.25 bits per heavy atom. The van der Waals surface area contributed by atoms with Crippen molar-refractivity contribution in [2.24, 2.45) is 17.1 Å². The zero-order chi connectivity index (χ0) is 9.19. The molecule has 0 aromatic carbocycles. The number of nitrogens with two attached hydrogens (primary N) is 1. The second-order valence-electron chi connectivity index (χ2n) is 5.06. The van der Waals surface area contributed by atoms with Gasteiger partial charge in [0, 0.05) is 6.04 Å². The van der Waals surface area contributed by atoms with Gasteiger partial charge in [0.1, 0.15) is 0 Å².